The predicted molar refractivity (Wildman–Crippen MR) is 126 cm³/mol. The molecule has 3 aromatic rings. The van der Waals surface area contributed by atoms with Gasteiger partial charge in [-0.25, -0.2) is 14.2 Å². The Kier molecular flexibility index (Phi) is 6.85. The molecule has 1 unspecified atom stereocenters. The van der Waals surface area contributed by atoms with Crippen LogP contribution < -0.4 is 21.5 Å². The number of carbonyl (C=O) groups is 1. The number of benzene rings is 1. The number of hydrogen-bond acceptors (Lipinski definition) is 5. The van der Waals surface area contributed by atoms with E-state index >= 15 is 0 Å². The van der Waals surface area contributed by atoms with Crippen molar-refractivity contribution in [2.45, 2.75) is 25.4 Å². The largest absolute Gasteiger partial charge is 0.465 e. The van der Waals surface area contributed by atoms with Gasteiger partial charge in [0, 0.05) is 30.7 Å². The molecule has 4 rings (SSSR count). The summed E-state index contributed by atoms with van der Waals surface area (Å²) in [6, 6.07) is 8.17. The summed E-state index contributed by atoms with van der Waals surface area (Å²) >= 11 is 11.7. The van der Waals surface area contributed by atoms with Crippen molar-refractivity contribution in [3.63, 3.8) is 0 Å². The topological polar surface area (TPSA) is 111 Å². The number of nitrogens with one attached hydrogen (secondary N) is 4. The number of thiocarbonyl (C=S) groups is 1. The van der Waals surface area contributed by atoms with Gasteiger partial charge < -0.3 is 15.7 Å². The monoisotopic (exact) mass is 486 g/mol. The average molecular weight is 487 g/mol. The van der Waals surface area contributed by atoms with Crippen molar-refractivity contribution in [3.8, 4) is 0 Å². The van der Waals surface area contributed by atoms with Gasteiger partial charge in [-0.1, -0.05) is 23.7 Å². The van der Waals surface area contributed by atoms with Crippen LogP contribution in [0.1, 0.15) is 33.9 Å². The van der Waals surface area contributed by atoms with E-state index in [9.17, 15) is 9.18 Å². The van der Waals surface area contributed by atoms with Gasteiger partial charge in [-0.2, -0.15) is 0 Å². The molecular formula is C22H20ClFN6O2S. The minimum atomic E-state index is -1.14. The van der Waals surface area contributed by atoms with Crippen molar-refractivity contribution in [1.82, 2.24) is 26.0 Å². The maximum atomic E-state index is 14.6. The number of carboxylic acid groups (broad SMARTS) is 1. The van der Waals surface area contributed by atoms with E-state index in [1.807, 2.05) is 12.1 Å². The number of hydrazine groups is 1. The third-order valence-corrected chi connectivity index (χ3v) is 5.79. The Morgan fingerprint density at radius 3 is 2.88 bits per heavy atom. The number of aryl methyl sites for hydroxylation is 1. The SMILES string of the molecule is O=C(O)NCc1cnc(NNC(=S)NC2c3cnccc3CCc3c(F)cccc32)c(Cl)c1. The molecule has 11 heteroatoms. The lowest BCUT2D eigenvalue weighted by Crippen LogP contribution is -2.41. The molecule has 2 aromatic heterocycles. The van der Waals surface area contributed by atoms with E-state index < -0.39 is 12.1 Å². The fourth-order valence-corrected chi connectivity index (χ4v) is 4.15. The van der Waals surface area contributed by atoms with Gasteiger partial charge in [-0.3, -0.25) is 15.8 Å². The molecule has 0 fully saturated rings. The molecule has 0 saturated heterocycles. The van der Waals surface area contributed by atoms with Crippen LogP contribution in [0.5, 0.6) is 0 Å². The van der Waals surface area contributed by atoms with Crippen molar-refractivity contribution in [1.29, 1.82) is 0 Å². The van der Waals surface area contributed by atoms with Gasteiger partial charge in [-0.05, 0) is 65.5 Å². The first-order valence-corrected chi connectivity index (χ1v) is 10.8. The smallest absolute Gasteiger partial charge is 0.404 e. The lowest BCUT2D eigenvalue weighted by Gasteiger charge is -2.23. The Labute approximate surface area is 199 Å². The number of pyridine rings is 2. The van der Waals surface area contributed by atoms with E-state index in [1.165, 1.54) is 12.3 Å². The highest BCUT2D eigenvalue weighted by molar-refractivity contribution is 7.80. The molecule has 2 heterocycles. The van der Waals surface area contributed by atoms with Gasteiger partial charge in [0.2, 0.25) is 0 Å². The highest BCUT2D eigenvalue weighted by atomic mass is 35.5. The Morgan fingerprint density at radius 2 is 2.09 bits per heavy atom. The van der Waals surface area contributed by atoms with E-state index in [4.69, 9.17) is 28.9 Å². The number of nitrogens with zero attached hydrogens (tertiary/aromatic N) is 2. The van der Waals surface area contributed by atoms with E-state index in [1.54, 1.807) is 24.5 Å². The minimum absolute atomic E-state index is 0.0841. The molecule has 0 spiro atoms. The molecule has 1 aliphatic carbocycles. The van der Waals surface area contributed by atoms with Gasteiger partial charge in [-0.15, -0.1) is 0 Å². The second kappa shape index (κ2) is 9.97. The molecule has 0 bridgehead atoms. The molecule has 1 amide bonds. The molecule has 0 saturated carbocycles. The minimum Gasteiger partial charge on any atom is -0.465 e. The molecule has 5 N–H and O–H groups in total. The Morgan fingerprint density at radius 1 is 1.24 bits per heavy atom. The Hall–Kier alpha value is -3.50. The highest BCUT2D eigenvalue weighted by Gasteiger charge is 2.26. The third kappa shape index (κ3) is 5.29. The van der Waals surface area contributed by atoms with Crippen LogP contribution in [-0.2, 0) is 19.4 Å². The number of hydrogen-bond donors (Lipinski definition) is 5. The maximum Gasteiger partial charge on any atom is 0.404 e. The maximum absolute atomic E-state index is 14.6. The lowest BCUT2D eigenvalue weighted by atomic mass is 9.96. The molecule has 33 heavy (non-hydrogen) atoms. The van der Waals surface area contributed by atoms with E-state index in [-0.39, 0.29) is 22.5 Å². The summed E-state index contributed by atoms with van der Waals surface area (Å²) in [6.45, 7) is 0.0841. The molecule has 0 radical (unpaired) electrons. The predicted octanol–water partition coefficient (Wildman–Crippen LogP) is 3.72. The molecule has 0 aliphatic heterocycles. The number of anilines is 1. The van der Waals surface area contributed by atoms with Crippen molar-refractivity contribution in [2.24, 2.45) is 0 Å². The van der Waals surface area contributed by atoms with Crippen molar-refractivity contribution < 1.29 is 14.3 Å². The molecule has 1 aliphatic rings. The van der Waals surface area contributed by atoms with Crippen LogP contribution in [0, 0.1) is 5.82 Å². The molecule has 1 atom stereocenters. The second-order valence-electron chi connectivity index (χ2n) is 7.37. The first-order valence-electron chi connectivity index (χ1n) is 10.1. The number of halogens is 2. The third-order valence-electron chi connectivity index (χ3n) is 5.28. The van der Waals surface area contributed by atoms with E-state index in [0.717, 1.165) is 16.7 Å². The quantitative estimate of drug-likeness (QED) is 0.274. The van der Waals surface area contributed by atoms with Crippen LogP contribution in [0.15, 0.2) is 48.9 Å². The second-order valence-corrected chi connectivity index (χ2v) is 8.19. The van der Waals surface area contributed by atoms with Crippen molar-refractivity contribution in [2.75, 3.05) is 5.43 Å². The highest BCUT2D eigenvalue weighted by Crippen LogP contribution is 2.33. The van der Waals surface area contributed by atoms with Crippen LogP contribution in [-0.4, -0.2) is 26.3 Å². The zero-order valence-corrected chi connectivity index (χ0v) is 18.8. The number of fused-ring (bicyclic) bond motifs is 2. The average Bonchev–Trinajstić information content (AvgIpc) is 2.95. The summed E-state index contributed by atoms with van der Waals surface area (Å²) in [6.07, 6.45) is 5.13. The number of amides is 1. The number of rotatable bonds is 5. The number of aromatic nitrogens is 2. The van der Waals surface area contributed by atoms with Gasteiger partial charge in [0.1, 0.15) is 5.82 Å². The normalized spacial score (nSPS) is 14.3. The zero-order chi connectivity index (χ0) is 23.4. The van der Waals surface area contributed by atoms with Crippen molar-refractivity contribution in [3.05, 3.63) is 87.6 Å². The van der Waals surface area contributed by atoms with Gasteiger partial charge in [0.15, 0.2) is 10.9 Å². The summed E-state index contributed by atoms with van der Waals surface area (Å²) < 4.78 is 14.6. The first-order chi connectivity index (χ1) is 15.9. The lowest BCUT2D eigenvalue weighted by molar-refractivity contribution is 0.194. The summed E-state index contributed by atoms with van der Waals surface area (Å²) in [5.41, 5.74) is 9.76. The van der Waals surface area contributed by atoms with Crippen molar-refractivity contribution >= 4 is 40.8 Å². The molecule has 170 valence electrons. The molecule has 1 aromatic carbocycles. The molecular weight excluding hydrogens is 467 g/mol. The van der Waals surface area contributed by atoms with E-state index in [0.29, 0.717) is 29.8 Å². The van der Waals surface area contributed by atoms with Gasteiger partial charge in [0.05, 0.1) is 11.1 Å². The van der Waals surface area contributed by atoms with Crippen LogP contribution in [0.3, 0.4) is 0 Å². The van der Waals surface area contributed by atoms with Crippen LogP contribution in [0.4, 0.5) is 15.0 Å². The fourth-order valence-electron chi connectivity index (χ4n) is 3.74. The van der Waals surface area contributed by atoms with Gasteiger partial charge in [0.25, 0.3) is 0 Å². The Bertz CT molecular complexity index is 1210. The van der Waals surface area contributed by atoms with Crippen LogP contribution in [0.2, 0.25) is 5.02 Å². The summed E-state index contributed by atoms with van der Waals surface area (Å²) in [5, 5.41) is 14.7. The zero-order valence-electron chi connectivity index (χ0n) is 17.2. The Balaban J connectivity index is 1.49. The van der Waals surface area contributed by atoms with Crippen LogP contribution >= 0.6 is 23.8 Å². The standard InChI is InChI=1S/C22H20ClFN6O2S/c23-17-8-12(10-27-22(31)32)9-26-20(17)29-30-21(33)28-19-15-2-1-3-18(24)14(15)5-4-13-6-7-25-11-16(13)19/h1-3,6-9,11,19,27H,4-5,10H2,(H,26,29)(H,31,32)(H2,28,30,33). The molecule has 8 nitrogen and oxygen atoms in total. The summed E-state index contributed by atoms with van der Waals surface area (Å²) in [7, 11) is 0. The first kappa shape index (κ1) is 22.7. The van der Waals surface area contributed by atoms with Crippen LogP contribution in [0.25, 0.3) is 0 Å². The summed E-state index contributed by atoms with van der Waals surface area (Å²) in [5.74, 6) is 0.0693. The summed E-state index contributed by atoms with van der Waals surface area (Å²) in [4.78, 5) is 19.1. The fraction of sp³-hybridized carbons (Fsp3) is 0.182. The van der Waals surface area contributed by atoms with E-state index in [2.05, 4.69) is 31.5 Å². The van der Waals surface area contributed by atoms with Gasteiger partial charge >= 0.3 is 6.09 Å².